The first kappa shape index (κ1) is 11.4. The van der Waals surface area contributed by atoms with Crippen LogP contribution in [0.15, 0.2) is 0 Å². The second-order valence-electron chi connectivity index (χ2n) is 2.97. The third kappa shape index (κ3) is 2.65. The van der Waals surface area contributed by atoms with Crippen LogP contribution in [0.4, 0.5) is 0 Å². The van der Waals surface area contributed by atoms with Gasteiger partial charge in [-0.3, -0.25) is 0 Å². The van der Waals surface area contributed by atoms with Crippen molar-refractivity contribution in [3.63, 3.8) is 0 Å². The molecule has 6 heteroatoms. The fraction of sp³-hybridized carbons (Fsp3) is 1.00. The molecule has 13 heavy (non-hydrogen) atoms. The Morgan fingerprint density at radius 1 is 1.62 bits per heavy atom. The van der Waals surface area contributed by atoms with Crippen molar-refractivity contribution >= 4 is 26.0 Å². The Balaban J connectivity index is 2.75. The van der Waals surface area contributed by atoms with Crippen LogP contribution in [-0.4, -0.2) is 43.2 Å². The number of sulfonamides is 1. The highest BCUT2D eigenvalue weighted by Gasteiger charge is 2.30. The summed E-state index contributed by atoms with van der Waals surface area (Å²) in [6, 6.07) is 0.0105. The largest absolute Gasteiger partial charge is 0.378 e. The fourth-order valence-corrected chi connectivity index (χ4v) is 3.32. The molecule has 0 aromatic carbocycles. The van der Waals surface area contributed by atoms with Crippen LogP contribution < -0.4 is 0 Å². The van der Waals surface area contributed by atoms with Crippen LogP contribution in [-0.2, 0) is 14.8 Å². The van der Waals surface area contributed by atoms with Gasteiger partial charge in [0.1, 0.15) is 4.66 Å². The molecule has 1 aliphatic rings. The van der Waals surface area contributed by atoms with E-state index in [-0.39, 0.29) is 10.7 Å². The molecule has 0 saturated carbocycles. The van der Waals surface area contributed by atoms with Gasteiger partial charge in [0.25, 0.3) is 0 Å². The van der Waals surface area contributed by atoms with Crippen molar-refractivity contribution < 1.29 is 13.2 Å². The van der Waals surface area contributed by atoms with Crippen LogP contribution in [0, 0.1) is 0 Å². The lowest BCUT2D eigenvalue weighted by Crippen LogP contribution is -2.48. The van der Waals surface area contributed by atoms with Crippen LogP contribution in [0.5, 0.6) is 0 Å². The van der Waals surface area contributed by atoms with E-state index in [9.17, 15) is 8.42 Å². The van der Waals surface area contributed by atoms with Gasteiger partial charge in [-0.1, -0.05) is 22.9 Å². The monoisotopic (exact) mass is 271 g/mol. The number of ether oxygens (including phenoxy) is 1. The number of hydrogen-bond donors (Lipinski definition) is 0. The van der Waals surface area contributed by atoms with Gasteiger partial charge in [0.15, 0.2) is 0 Å². The molecule has 1 fully saturated rings. The van der Waals surface area contributed by atoms with Crippen molar-refractivity contribution in [1.29, 1.82) is 0 Å². The number of hydrogen-bond acceptors (Lipinski definition) is 3. The lowest BCUT2D eigenvalue weighted by molar-refractivity contribution is 0.0317. The first-order chi connectivity index (χ1) is 6.11. The minimum atomic E-state index is -3.11. The van der Waals surface area contributed by atoms with Gasteiger partial charge in [-0.2, -0.15) is 4.31 Å². The summed E-state index contributed by atoms with van der Waals surface area (Å²) in [4.78, 5) is 0. The second kappa shape index (κ2) is 4.72. The molecule has 1 heterocycles. The van der Waals surface area contributed by atoms with E-state index >= 15 is 0 Å². The van der Waals surface area contributed by atoms with E-state index in [1.807, 2.05) is 6.92 Å². The van der Waals surface area contributed by atoms with Crippen molar-refractivity contribution in [2.75, 3.05) is 24.4 Å². The Hall–Kier alpha value is 0.350. The summed E-state index contributed by atoms with van der Waals surface area (Å²) in [6.07, 6.45) is 0.798. The average molecular weight is 272 g/mol. The number of rotatable bonds is 3. The quantitative estimate of drug-likeness (QED) is 0.713. The average Bonchev–Trinajstić information content (AvgIpc) is 2.18. The first-order valence-electron chi connectivity index (χ1n) is 4.25. The van der Waals surface area contributed by atoms with Crippen molar-refractivity contribution in [2.45, 2.75) is 19.4 Å². The lowest BCUT2D eigenvalue weighted by Gasteiger charge is -2.33. The summed E-state index contributed by atoms with van der Waals surface area (Å²) in [5.41, 5.74) is 0. The molecule has 0 aliphatic carbocycles. The number of halogens is 1. The van der Waals surface area contributed by atoms with Crippen molar-refractivity contribution in [1.82, 2.24) is 4.31 Å². The van der Waals surface area contributed by atoms with Gasteiger partial charge >= 0.3 is 0 Å². The van der Waals surface area contributed by atoms with Gasteiger partial charge in [0, 0.05) is 12.6 Å². The predicted octanol–water partition coefficient (Wildman–Crippen LogP) is 0.779. The zero-order chi connectivity index (χ0) is 9.90. The number of alkyl halides is 1. The molecule has 0 amide bonds. The molecule has 1 atom stereocenters. The maximum absolute atomic E-state index is 11.5. The molecule has 0 aromatic heterocycles. The standard InChI is InChI=1S/C7H14BrNO3S/c1-2-7-5-12-4-3-9(7)13(10,11)6-8/h7H,2-6H2,1H3. The third-order valence-corrected chi connectivity index (χ3v) is 5.35. The smallest absolute Gasteiger partial charge is 0.224 e. The van der Waals surface area contributed by atoms with Crippen LogP contribution in [0.25, 0.3) is 0 Å². The Morgan fingerprint density at radius 2 is 2.31 bits per heavy atom. The van der Waals surface area contributed by atoms with Gasteiger partial charge in [-0.25, -0.2) is 8.42 Å². The first-order valence-corrected chi connectivity index (χ1v) is 6.98. The summed E-state index contributed by atoms with van der Waals surface area (Å²) in [6.45, 7) is 3.47. The Labute approximate surface area is 87.4 Å². The molecule has 1 saturated heterocycles. The SMILES string of the molecule is CCC1COCCN1S(=O)(=O)CBr. The van der Waals surface area contributed by atoms with Crippen LogP contribution >= 0.6 is 15.9 Å². The fourth-order valence-electron chi connectivity index (χ4n) is 1.39. The predicted molar refractivity (Wildman–Crippen MR) is 54.3 cm³/mol. The highest BCUT2D eigenvalue weighted by Crippen LogP contribution is 2.16. The minimum absolute atomic E-state index is 0.00347. The van der Waals surface area contributed by atoms with E-state index in [0.717, 1.165) is 6.42 Å². The molecule has 1 unspecified atom stereocenters. The third-order valence-electron chi connectivity index (χ3n) is 2.14. The highest BCUT2D eigenvalue weighted by molar-refractivity contribution is 9.10. The molecule has 0 aromatic rings. The van der Waals surface area contributed by atoms with Gasteiger partial charge in [0.05, 0.1) is 13.2 Å². The topological polar surface area (TPSA) is 46.6 Å². The maximum Gasteiger partial charge on any atom is 0.224 e. The van der Waals surface area contributed by atoms with E-state index < -0.39 is 10.0 Å². The molecule has 0 spiro atoms. The van der Waals surface area contributed by atoms with E-state index in [4.69, 9.17) is 4.74 Å². The van der Waals surface area contributed by atoms with Crippen molar-refractivity contribution in [2.24, 2.45) is 0 Å². The molecule has 0 radical (unpaired) electrons. The zero-order valence-corrected chi connectivity index (χ0v) is 9.97. The molecule has 0 N–H and O–H groups in total. The molecule has 1 aliphatic heterocycles. The van der Waals surface area contributed by atoms with Gasteiger partial charge in [0.2, 0.25) is 10.0 Å². The summed E-state index contributed by atoms with van der Waals surface area (Å²) < 4.78 is 29.8. The molecule has 4 nitrogen and oxygen atoms in total. The maximum atomic E-state index is 11.5. The van der Waals surface area contributed by atoms with Gasteiger partial charge in [-0.15, -0.1) is 0 Å². The summed E-state index contributed by atoms with van der Waals surface area (Å²) in [5, 5.41) is 0. The summed E-state index contributed by atoms with van der Waals surface area (Å²) >= 11 is 2.99. The van der Waals surface area contributed by atoms with Crippen LogP contribution in [0.1, 0.15) is 13.3 Å². The normalized spacial score (nSPS) is 26.2. The number of nitrogens with zero attached hydrogens (tertiary/aromatic N) is 1. The zero-order valence-electron chi connectivity index (χ0n) is 7.57. The van der Waals surface area contributed by atoms with E-state index in [2.05, 4.69) is 15.9 Å². The highest BCUT2D eigenvalue weighted by atomic mass is 79.9. The Kier molecular flexibility index (Phi) is 4.15. The number of morpholine rings is 1. The molecular formula is C7H14BrNO3S. The summed E-state index contributed by atoms with van der Waals surface area (Å²) in [5.74, 6) is 0. The van der Waals surface area contributed by atoms with E-state index in [1.54, 1.807) is 0 Å². The second-order valence-corrected chi connectivity index (χ2v) is 6.19. The lowest BCUT2D eigenvalue weighted by atomic mass is 10.2. The van der Waals surface area contributed by atoms with Crippen molar-refractivity contribution in [3.05, 3.63) is 0 Å². The van der Waals surface area contributed by atoms with Crippen LogP contribution in [0.3, 0.4) is 0 Å². The Morgan fingerprint density at radius 3 is 2.85 bits per heavy atom. The molecule has 78 valence electrons. The summed E-state index contributed by atoms with van der Waals surface area (Å²) in [7, 11) is -3.11. The minimum Gasteiger partial charge on any atom is -0.378 e. The Bertz CT molecular complexity index is 254. The van der Waals surface area contributed by atoms with Crippen LogP contribution in [0.2, 0.25) is 0 Å². The molecule has 0 bridgehead atoms. The van der Waals surface area contributed by atoms with Gasteiger partial charge in [-0.05, 0) is 6.42 Å². The molecular weight excluding hydrogens is 258 g/mol. The van der Waals surface area contributed by atoms with Crippen molar-refractivity contribution in [3.8, 4) is 0 Å². The van der Waals surface area contributed by atoms with E-state index in [0.29, 0.717) is 19.8 Å². The van der Waals surface area contributed by atoms with Gasteiger partial charge < -0.3 is 4.74 Å². The van der Waals surface area contributed by atoms with E-state index in [1.165, 1.54) is 4.31 Å². The molecule has 1 rings (SSSR count).